The lowest BCUT2D eigenvalue weighted by Crippen LogP contribution is -2.21. The van der Waals surface area contributed by atoms with E-state index in [1.807, 2.05) is 12.1 Å². The molecule has 7 heteroatoms. The number of rotatable bonds is 6. The zero-order valence-corrected chi connectivity index (χ0v) is 15.0. The van der Waals surface area contributed by atoms with Gasteiger partial charge in [-0.1, -0.05) is 44.2 Å². The summed E-state index contributed by atoms with van der Waals surface area (Å²) in [6.45, 7) is 3.60. The van der Waals surface area contributed by atoms with Crippen molar-refractivity contribution in [2.24, 2.45) is 0 Å². The van der Waals surface area contributed by atoms with Gasteiger partial charge >= 0.3 is 12.1 Å². The Labute approximate surface area is 155 Å². The summed E-state index contributed by atoms with van der Waals surface area (Å²) < 4.78 is 42.8. The van der Waals surface area contributed by atoms with Crippen LogP contribution in [0.1, 0.15) is 36.5 Å². The lowest BCUT2D eigenvalue weighted by molar-refractivity contribution is -0.146. The first-order chi connectivity index (χ1) is 12.6. The van der Waals surface area contributed by atoms with Crippen LogP contribution in [-0.2, 0) is 26.9 Å². The van der Waals surface area contributed by atoms with Crippen molar-refractivity contribution in [1.82, 2.24) is 0 Å². The number of anilines is 1. The lowest BCUT2D eigenvalue weighted by Gasteiger charge is -2.10. The number of ether oxygens (including phenoxy) is 1. The second-order valence-corrected chi connectivity index (χ2v) is 6.36. The molecule has 0 unspecified atom stereocenters. The minimum absolute atomic E-state index is 0.166. The Morgan fingerprint density at radius 2 is 1.74 bits per heavy atom. The number of esters is 1. The van der Waals surface area contributed by atoms with Crippen LogP contribution in [0.3, 0.4) is 0 Å². The van der Waals surface area contributed by atoms with Gasteiger partial charge < -0.3 is 10.1 Å². The number of alkyl halides is 3. The van der Waals surface area contributed by atoms with Gasteiger partial charge in [0.05, 0.1) is 12.0 Å². The van der Waals surface area contributed by atoms with Gasteiger partial charge in [-0.2, -0.15) is 13.2 Å². The molecule has 1 N–H and O–H groups in total. The van der Waals surface area contributed by atoms with Crippen LogP contribution in [0.15, 0.2) is 48.5 Å². The zero-order valence-electron chi connectivity index (χ0n) is 15.0. The van der Waals surface area contributed by atoms with Gasteiger partial charge in [0.15, 0.2) is 6.61 Å². The predicted octanol–water partition coefficient (Wildman–Crippen LogP) is 4.55. The molecule has 144 valence electrons. The molecule has 0 fully saturated rings. The summed E-state index contributed by atoms with van der Waals surface area (Å²) in [6, 6.07) is 11.7. The van der Waals surface area contributed by atoms with Crippen LogP contribution in [-0.4, -0.2) is 18.5 Å². The van der Waals surface area contributed by atoms with E-state index in [-0.39, 0.29) is 12.0 Å². The zero-order chi connectivity index (χ0) is 20.0. The van der Waals surface area contributed by atoms with Crippen LogP contribution in [0.5, 0.6) is 0 Å². The van der Waals surface area contributed by atoms with E-state index in [1.54, 1.807) is 12.1 Å². The Kier molecular flexibility index (Phi) is 6.60. The Balaban J connectivity index is 1.84. The molecule has 0 aromatic heterocycles. The van der Waals surface area contributed by atoms with Crippen molar-refractivity contribution >= 4 is 17.6 Å². The van der Waals surface area contributed by atoms with Crippen LogP contribution >= 0.6 is 0 Å². The van der Waals surface area contributed by atoms with Crippen LogP contribution < -0.4 is 5.32 Å². The average Bonchev–Trinajstić information content (AvgIpc) is 2.60. The highest BCUT2D eigenvalue weighted by atomic mass is 19.4. The maximum atomic E-state index is 12.7. The first-order valence-electron chi connectivity index (χ1n) is 8.36. The molecule has 2 rings (SSSR count). The number of carbonyl (C=O) groups is 2. The molecule has 27 heavy (non-hydrogen) atoms. The Morgan fingerprint density at radius 3 is 2.33 bits per heavy atom. The molecule has 2 aromatic carbocycles. The lowest BCUT2D eigenvalue weighted by atomic mass is 10.0. The maximum absolute atomic E-state index is 12.7. The standard InChI is InChI=1S/C20H20F3NO3/c1-13(2)15-6-8-17(9-7-15)24-18(25)12-27-19(26)11-14-4-3-5-16(10-14)20(21,22)23/h3-10,13H,11-12H2,1-2H3,(H,24,25). The van der Waals surface area contributed by atoms with Crippen molar-refractivity contribution in [3.8, 4) is 0 Å². The highest BCUT2D eigenvalue weighted by Gasteiger charge is 2.30. The minimum atomic E-state index is -4.48. The van der Waals surface area contributed by atoms with Gasteiger partial charge in [-0.15, -0.1) is 0 Å². The molecule has 0 heterocycles. The summed E-state index contributed by atoms with van der Waals surface area (Å²) in [7, 11) is 0. The van der Waals surface area contributed by atoms with E-state index in [2.05, 4.69) is 19.2 Å². The molecule has 0 saturated carbocycles. The molecule has 0 radical (unpaired) electrons. The number of amides is 1. The van der Waals surface area contributed by atoms with Crippen molar-refractivity contribution in [3.05, 3.63) is 65.2 Å². The van der Waals surface area contributed by atoms with Crippen LogP contribution in [0.2, 0.25) is 0 Å². The molecular formula is C20H20F3NO3. The number of carbonyl (C=O) groups excluding carboxylic acids is 2. The molecule has 2 aromatic rings. The molecule has 0 spiro atoms. The van der Waals surface area contributed by atoms with Gasteiger partial charge in [-0.25, -0.2) is 0 Å². The van der Waals surface area contributed by atoms with Gasteiger partial charge in [0.1, 0.15) is 0 Å². The second-order valence-electron chi connectivity index (χ2n) is 6.36. The Bertz CT molecular complexity index is 799. The Morgan fingerprint density at radius 1 is 1.07 bits per heavy atom. The second kappa shape index (κ2) is 8.70. The molecule has 1 amide bonds. The molecular weight excluding hydrogens is 359 g/mol. The van der Waals surface area contributed by atoms with Crippen molar-refractivity contribution in [2.75, 3.05) is 11.9 Å². The van der Waals surface area contributed by atoms with E-state index in [9.17, 15) is 22.8 Å². The van der Waals surface area contributed by atoms with Gasteiger partial charge in [-0.3, -0.25) is 9.59 Å². The summed E-state index contributed by atoms with van der Waals surface area (Å²) in [4.78, 5) is 23.6. The smallest absolute Gasteiger partial charge is 0.416 e. The third kappa shape index (κ3) is 6.44. The number of benzene rings is 2. The van der Waals surface area contributed by atoms with Crippen LogP contribution in [0, 0.1) is 0 Å². The van der Waals surface area contributed by atoms with Crippen LogP contribution in [0.25, 0.3) is 0 Å². The molecule has 0 aliphatic rings. The number of hydrogen-bond donors (Lipinski definition) is 1. The van der Waals surface area contributed by atoms with E-state index in [4.69, 9.17) is 4.74 Å². The van der Waals surface area contributed by atoms with Gasteiger partial charge in [0.25, 0.3) is 5.91 Å². The van der Waals surface area contributed by atoms with E-state index in [0.717, 1.165) is 17.7 Å². The fourth-order valence-corrected chi connectivity index (χ4v) is 2.37. The summed E-state index contributed by atoms with van der Waals surface area (Å²) in [5, 5.41) is 2.59. The predicted molar refractivity (Wildman–Crippen MR) is 95.3 cm³/mol. The van der Waals surface area contributed by atoms with Crippen LogP contribution in [0.4, 0.5) is 18.9 Å². The third-order valence-corrected chi connectivity index (χ3v) is 3.83. The highest BCUT2D eigenvalue weighted by molar-refractivity contribution is 5.92. The average molecular weight is 379 g/mol. The quantitative estimate of drug-likeness (QED) is 0.749. The molecule has 4 nitrogen and oxygen atoms in total. The van der Waals surface area contributed by atoms with Crippen molar-refractivity contribution < 1.29 is 27.5 Å². The number of halogens is 3. The maximum Gasteiger partial charge on any atom is 0.416 e. The van der Waals surface area contributed by atoms with Crippen molar-refractivity contribution in [3.63, 3.8) is 0 Å². The van der Waals surface area contributed by atoms with Crippen molar-refractivity contribution in [1.29, 1.82) is 0 Å². The van der Waals surface area contributed by atoms with Crippen molar-refractivity contribution in [2.45, 2.75) is 32.4 Å². The summed E-state index contributed by atoms with van der Waals surface area (Å²) in [5.41, 5.74) is 1.02. The first-order valence-corrected chi connectivity index (χ1v) is 8.36. The van der Waals surface area contributed by atoms with E-state index in [1.165, 1.54) is 12.1 Å². The fraction of sp³-hybridized carbons (Fsp3) is 0.300. The van der Waals surface area contributed by atoms with E-state index in [0.29, 0.717) is 11.6 Å². The SMILES string of the molecule is CC(C)c1ccc(NC(=O)COC(=O)Cc2cccc(C(F)(F)F)c2)cc1. The van der Waals surface area contributed by atoms with Gasteiger partial charge in [0, 0.05) is 5.69 Å². The number of hydrogen-bond acceptors (Lipinski definition) is 3. The highest BCUT2D eigenvalue weighted by Crippen LogP contribution is 2.29. The number of nitrogens with one attached hydrogen (secondary N) is 1. The normalized spacial score (nSPS) is 11.3. The Hall–Kier alpha value is -2.83. The minimum Gasteiger partial charge on any atom is -0.455 e. The summed E-state index contributed by atoms with van der Waals surface area (Å²) >= 11 is 0. The van der Waals surface area contributed by atoms with Gasteiger partial charge in [-0.05, 0) is 35.2 Å². The molecule has 0 aliphatic carbocycles. The van der Waals surface area contributed by atoms with Gasteiger partial charge in [0.2, 0.25) is 0 Å². The van der Waals surface area contributed by atoms with E-state index < -0.39 is 30.2 Å². The fourth-order valence-electron chi connectivity index (χ4n) is 2.37. The van der Waals surface area contributed by atoms with E-state index >= 15 is 0 Å². The molecule has 0 bridgehead atoms. The summed E-state index contributed by atoms with van der Waals surface area (Å²) in [5.74, 6) is -0.934. The molecule has 0 saturated heterocycles. The summed E-state index contributed by atoms with van der Waals surface area (Å²) in [6.07, 6.45) is -4.83. The monoisotopic (exact) mass is 379 g/mol. The molecule has 0 atom stereocenters. The topological polar surface area (TPSA) is 55.4 Å². The molecule has 0 aliphatic heterocycles. The third-order valence-electron chi connectivity index (χ3n) is 3.83. The first kappa shape index (κ1) is 20.5. The largest absolute Gasteiger partial charge is 0.455 e.